The van der Waals surface area contributed by atoms with E-state index in [0.717, 1.165) is 29.9 Å². The third kappa shape index (κ3) is 4.07. The number of hydrogen-bond donors (Lipinski definition) is 0. The Labute approximate surface area is 184 Å². The second kappa shape index (κ2) is 9.38. The van der Waals surface area contributed by atoms with E-state index < -0.39 is 0 Å². The molecule has 4 heteroatoms. The standard InChI is InChI=1S/C26H36N2OS/c1-9-11-14-28(16-17(3)10-2)21-12-13-22-23(15-21)30(8)26-20(6)25(29-7)19(5)18(4)24(26)27-22/h9,11-13,15,17H,10,14,16H2,1-8H3/b11-9-. The van der Waals surface area contributed by atoms with Gasteiger partial charge in [-0.25, -0.2) is 4.99 Å². The van der Waals surface area contributed by atoms with Crippen LogP contribution in [0.3, 0.4) is 0 Å². The zero-order valence-corrected chi connectivity index (χ0v) is 20.6. The van der Waals surface area contributed by atoms with Gasteiger partial charge in [0.2, 0.25) is 0 Å². The van der Waals surface area contributed by atoms with Gasteiger partial charge in [-0.2, -0.15) is 0 Å². The van der Waals surface area contributed by atoms with E-state index in [1.54, 1.807) is 7.11 Å². The zero-order chi connectivity index (χ0) is 22.0. The third-order valence-corrected chi connectivity index (χ3v) is 8.42. The Kier molecular flexibility index (Phi) is 7.07. The summed E-state index contributed by atoms with van der Waals surface area (Å²) in [5, 5.41) is 1.11. The van der Waals surface area contributed by atoms with Crippen LogP contribution in [-0.2, 0) is 0 Å². The average molecular weight is 425 g/mol. The van der Waals surface area contributed by atoms with Crippen LogP contribution in [0.1, 0.15) is 43.9 Å². The van der Waals surface area contributed by atoms with Crippen molar-refractivity contribution in [1.82, 2.24) is 0 Å². The number of methoxy groups -OCH3 is 1. The lowest BCUT2D eigenvalue weighted by atomic mass is 10.0. The SMILES string of the molecule is C/C=C\CN(CC(C)CC)c1ccc2c(c1)=S(C)c1c(C)c(OC)c(C)c(C)c1N=2. The molecule has 2 aromatic rings. The lowest BCUT2D eigenvalue weighted by molar-refractivity contribution is 0.406. The lowest BCUT2D eigenvalue weighted by Crippen LogP contribution is -2.29. The Morgan fingerprint density at radius 3 is 2.53 bits per heavy atom. The lowest BCUT2D eigenvalue weighted by Gasteiger charge is -2.27. The molecule has 3 nitrogen and oxygen atoms in total. The molecule has 3 rings (SSSR count). The maximum Gasteiger partial charge on any atom is 0.126 e. The van der Waals surface area contributed by atoms with Crippen LogP contribution in [0.15, 0.2) is 40.2 Å². The van der Waals surface area contributed by atoms with E-state index in [1.807, 2.05) is 0 Å². The Hall–Kier alpha value is -2.07. The molecule has 30 heavy (non-hydrogen) atoms. The van der Waals surface area contributed by atoms with E-state index >= 15 is 0 Å². The van der Waals surface area contributed by atoms with Crippen LogP contribution in [0.4, 0.5) is 11.4 Å². The van der Waals surface area contributed by atoms with Crippen molar-refractivity contribution < 1.29 is 4.74 Å². The van der Waals surface area contributed by atoms with Crippen molar-refractivity contribution in [3.05, 3.63) is 56.9 Å². The van der Waals surface area contributed by atoms with E-state index in [4.69, 9.17) is 9.73 Å². The molecule has 0 aliphatic carbocycles. The highest BCUT2D eigenvalue weighted by Gasteiger charge is 2.21. The topological polar surface area (TPSA) is 24.8 Å². The van der Waals surface area contributed by atoms with Gasteiger partial charge in [0, 0.05) is 33.7 Å². The van der Waals surface area contributed by atoms with Gasteiger partial charge in [0.15, 0.2) is 0 Å². The molecule has 0 saturated heterocycles. The quantitative estimate of drug-likeness (QED) is 0.373. The highest BCUT2D eigenvalue weighted by Crippen LogP contribution is 2.47. The van der Waals surface area contributed by atoms with Crippen molar-refractivity contribution in [2.75, 3.05) is 31.4 Å². The predicted octanol–water partition coefficient (Wildman–Crippen LogP) is 6.52. The first-order chi connectivity index (χ1) is 14.3. The van der Waals surface area contributed by atoms with Gasteiger partial charge in [0.05, 0.1) is 18.2 Å². The van der Waals surface area contributed by atoms with Gasteiger partial charge in [0.1, 0.15) is 5.75 Å². The molecule has 0 radical (unpaired) electrons. The summed E-state index contributed by atoms with van der Waals surface area (Å²) < 4.78 is 7.10. The first-order valence-electron chi connectivity index (χ1n) is 10.9. The molecule has 2 atom stereocenters. The van der Waals surface area contributed by atoms with Gasteiger partial charge in [0.25, 0.3) is 0 Å². The van der Waals surface area contributed by atoms with E-state index in [0.29, 0.717) is 5.92 Å². The summed E-state index contributed by atoms with van der Waals surface area (Å²) in [5.41, 5.74) is 6.08. The molecule has 2 unspecified atom stereocenters. The summed E-state index contributed by atoms with van der Waals surface area (Å²) in [6.45, 7) is 15.2. The van der Waals surface area contributed by atoms with Crippen LogP contribution in [0.25, 0.3) is 0 Å². The molecule has 0 amide bonds. The Morgan fingerprint density at radius 1 is 1.17 bits per heavy atom. The summed E-state index contributed by atoms with van der Waals surface area (Å²) in [4.78, 5) is 8.94. The Bertz CT molecular complexity index is 1100. The van der Waals surface area contributed by atoms with Crippen molar-refractivity contribution in [1.29, 1.82) is 0 Å². The molecule has 0 bridgehead atoms. The largest absolute Gasteiger partial charge is 0.496 e. The number of hydrogen-bond acceptors (Lipinski definition) is 3. The van der Waals surface area contributed by atoms with Crippen LogP contribution in [0, 0.1) is 31.2 Å². The first kappa shape index (κ1) is 22.6. The molecule has 162 valence electrons. The number of allylic oxidation sites excluding steroid dienone is 1. The van der Waals surface area contributed by atoms with Crippen molar-refractivity contribution in [3.63, 3.8) is 0 Å². The number of ether oxygens (including phenoxy) is 1. The minimum atomic E-state index is -0.0475. The van der Waals surface area contributed by atoms with Crippen molar-refractivity contribution >= 4 is 21.9 Å². The molecule has 1 heterocycles. The van der Waals surface area contributed by atoms with Crippen LogP contribution >= 0.6 is 10.5 Å². The molecule has 0 fully saturated rings. The minimum Gasteiger partial charge on any atom is -0.496 e. The zero-order valence-electron chi connectivity index (χ0n) is 19.8. The van der Waals surface area contributed by atoms with E-state index in [-0.39, 0.29) is 10.5 Å². The monoisotopic (exact) mass is 424 g/mol. The van der Waals surface area contributed by atoms with Crippen molar-refractivity contribution in [2.45, 2.75) is 52.9 Å². The smallest absolute Gasteiger partial charge is 0.126 e. The molecule has 2 aromatic carbocycles. The molecule has 0 N–H and O–H groups in total. The summed E-state index contributed by atoms with van der Waals surface area (Å²) in [7, 11) is 1.73. The second-order valence-electron chi connectivity index (χ2n) is 8.35. The number of fused-ring (bicyclic) bond motifs is 2. The number of rotatable bonds is 7. The average Bonchev–Trinajstić information content (AvgIpc) is 2.75. The van der Waals surface area contributed by atoms with E-state index in [9.17, 15) is 0 Å². The second-order valence-corrected chi connectivity index (χ2v) is 10.2. The normalized spacial score (nSPS) is 16.1. The number of nitrogens with zero attached hydrogens (tertiary/aromatic N) is 2. The van der Waals surface area contributed by atoms with Gasteiger partial charge in [-0.1, -0.05) is 32.4 Å². The summed E-state index contributed by atoms with van der Waals surface area (Å²) >= 11 is 0. The molecule has 1 aliphatic rings. The summed E-state index contributed by atoms with van der Waals surface area (Å²) in [5.74, 6) is 1.67. The minimum absolute atomic E-state index is 0.0475. The van der Waals surface area contributed by atoms with Gasteiger partial charge in [-0.05, 0) is 69.2 Å². The number of anilines is 1. The summed E-state index contributed by atoms with van der Waals surface area (Å²) in [6.07, 6.45) is 7.91. The van der Waals surface area contributed by atoms with Crippen LogP contribution in [0.2, 0.25) is 0 Å². The third-order valence-electron chi connectivity index (χ3n) is 6.33. The first-order valence-corrected chi connectivity index (χ1v) is 12.5. The van der Waals surface area contributed by atoms with Crippen LogP contribution < -0.4 is 15.0 Å². The molecule has 0 spiro atoms. The molecule has 0 aromatic heterocycles. The van der Waals surface area contributed by atoms with Crippen LogP contribution in [0.5, 0.6) is 5.75 Å². The predicted molar refractivity (Wildman–Crippen MR) is 132 cm³/mol. The molecular formula is C26H36N2OS. The Balaban J connectivity index is 2.20. The molecule has 1 aliphatic heterocycles. The molecular weight excluding hydrogens is 388 g/mol. The fourth-order valence-corrected chi connectivity index (χ4v) is 6.17. The van der Waals surface area contributed by atoms with Gasteiger partial charge < -0.3 is 9.64 Å². The van der Waals surface area contributed by atoms with E-state index in [2.05, 4.69) is 83.0 Å². The van der Waals surface area contributed by atoms with Crippen molar-refractivity contribution in [2.24, 2.45) is 10.9 Å². The maximum absolute atomic E-state index is 5.77. The van der Waals surface area contributed by atoms with E-state index in [1.165, 1.54) is 38.2 Å². The van der Waals surface area contributed by atoms with Crippen LogP contribution in [-0.4, -0.2) is 26.5 Å². The van der Waals surface area contributed by atoms with Gasteiger partial charge >= 0.3 is 0 Å². The maximum atomic E-state index is 5.77. The van der Waals surface area contributed by atoms with Crippen molar-refractivity contribution in [3.8, 4) is 5.75 Å². The number of benzene rings is 2. The highest BCUT2D eigenvalue weighted by atomic mass is 32.2. The van der Waals surface area contributed by atoms with Gasteiger partial charge in [-0.15, -0.1) is 10.5 Å². The summed E-state index contributed by atoms with van der Waals surface area (Å²) in [6, 6.07) is 6.83. The highest BCUT2D eigenvalue weighted by molar-refractivity contribution is 8.09. The fourth-order valence-electron chi connectivity index (χ4n) is 4.19. The molecule has 0 saturated carbocycles. The van der Waals surface area contributed by atoms with Gasteiger partial charge in [-0.3, -0.25) is 0 Å². The Morgan fingerprint density at radius 2 is 1.90 bits per heavy atom. The fraction of sp³-hybridized carbons (Fsp3) is 0.462.